The van der Waals surface area contributed by atoms with Crippen molar-refractivity contribution in [3.8, 4) is 0 Å². The number of ether oxygens (including phenoxy) is 1. The van der Waals surface area contributed by atoms with Crippen LogP contribution in [-0.4, -0.2) is 5.97 Å². The van der Waals surface area contributed by atoms with Crippen LogP contribution in [0, 0.1) is 0 Å². The summed E-state index contributed by atoms with van der Waals surface area (Å²) in [5.74, 6) is 0.939. The Hall–Kier alpha value is -1.77. The molecule has 0 spiro atoms. The van der Waals surface area contributed by atoms with E-state index < -0.39 is 0 Å². The summed E-state index contributed by atoms with van der Waals surface area (Å²) < 4.78 is 9.90. The SMILES string of the molecule is CC1=CC(=Cc2ccco2)C(=O)O1. The number of carbonyl (C=O) groups is 1. The molecule has 0 saturated carbocycles. The molecule has 0 N–H and O–H groups in total. The number of esters is 1. The van der Waals surface area contributed by atoms with Gasteiger partial charge in [-0.05, 0) is 31.2 Å². The van der Waals surface area contributed by atoms with Gasteiger partial charge in [-0.1, -0.05) is 0 Å². The normalized spacial score (nSPS) is 19.0. The maximum Gasteiger partial charge on any atom is 0.343 e. The molecule has 0 aromatic carbocycles. The van der Waals surface area contributed by atoms with Crippen molar-refractivity contribution < 1.29 is 13.9 Å². The van der Waals surface area contributed by atoms with Crippen LogP contribution in [0.2, 0.25) is 0 Å². The molecule has 0 atom stereocenters. The molecule has 2 heterocycles. The average Bonchev–Trinajstić information content (AvgIpc) is 2.63. The fraction of sp³-hybridized carbons (Fsp3) is 0.100. The van der Waals surface area contributed by atoms with Gasteiger partial charge in [0.15, 0.2) is 0 Å². The molecule has 66 valence electrons. The van der Waals surface area contributed by atoms with Gasteiger partial charge in [0.2, 0.25) is 0 Å². The van der Waals surface area contributed by atoms with Crippen LogP contribution in [0.4, 0.5) is 0 Å². The first-order valence-electron chi connectivity index (χ1n) is 3.91. The monoisotopic (exact) mass is 176 g/mol. The number of hydrogen-bond acceptors (Lipinski definition) is 3. The molecule has 0 amide bonds. The van der Waals surface area contributed by atoms with Gasteiger partial charge in [-0.15, -0.1) is 0 Å². The quantitative estimate of drug-likeness (QED) is 0.486. The summed E-state index contributed by atoms with van der Waals surface area (Å²) in [7, 11) is 0. The first-order chi connectivity index (χ1) is 6.25. The predicted molar refractivity (Wildman–Crippen MR) is 46.5 cm³/mol. The minimum absolute atomic E-state index is 0.325. The van der Waals surface area contributed by atoms with Crippen molar-refractivity contribution in [1.29, 1.82) is 0 Å². The first kappa shape index (κ1) is 7.86. The fourth-order valence-corrected chi connectivity index (χ4v) is 1.14. The van der Waals surface area contributed by atoms with Gasteiger partial charge in [0.25, 0.3) is 0 Å². The molecule has 13 heavy (non-hydrogen) atoms. The number of allylic oxidation sites excluding steroid dienone is 1. The van der Waals surface area contributed by atoms with Gasteiger partial charge in [0.1, 0.15) is 11.5 Å². The van der Waals surface area contributed by atoms with Crippen molar-refractivity contribution in [3.05, 3.63) is 41.6 Å². The van der Waals surface area contributed by atoms with E-state index in [1.807, 2.05) is 0 Å². The minimum atomic E-state index is -0.325. The Morgan fingerprint density at radius 3 is 2.85 bits per heavy atom. The molecule has 0 radical (unpaired) electrons. The van der Waals surface area contributed by atoms with Gasteiger partial charge in [0.05, 0.1) is 11.8 Å². The summed E-state index contributed by atoms with van der Waals surface area (Å²) in [6.07, 6.45) is 4.90. The maximum absolute atomic E-state index is 11.1. The number of rotatable bonds is 1. The van der Waals surface area contributed by atoms with Crippen molar-refractivity contribution in [1.82, 2.24) is 0 Å². The van der Waals surface area contributed by atoms with Gasteiger partial charge in [-0.2, -0.15) is 0 Å². The molecule has 0 unspecified atom stereocenters. The Morgan fingerprint density at radius 2 is 2.31 bits per heavy atom. The van der Waals surface area contributed by atoms with E-state index in [1.54, 1.807) is 37.5 Å². The lowest BCUT2D eigenvalue weighted by atomic mass is 10.2. The third-order valence-electron chi connectivity index (χ3n) is 1.69. The second-order valence-corrected chi connectivity index (χ2v) is 2.76. The zero-order valence-electron chi connectivity index (χ0n) is 7.11. The molecule has 0 saturated heterocycles. The van der Waals surface area contributed by atoms with Crippen LogP contribution in [0.1, 0.15) is 12.7 Å². The zero-order valence-corrected chi connectivity index (χ0v) is 7.11. The van der Waals surface area contributed by atoms with Gasteiger partial charge in [-0.3, -0.25) is 0 Å². The molecule has 1 aliphatic heterocycles. The topological polar surface area (TPSA) is 39.4 Å². The highest BCUT2D eigenvalue weighted by Crippen LogP contribution is 2.19. The van der Waals surface area contributed by atoms with Gasteiger partial charge in [-0.25, -0.2) is 4.79 Å². The molecule has 0 bridgehead atoms. The Labute approximate surface area is 75.3 Å². The van der Waals surface area contributed by atoms with Crippen LogP contribution < -0.4 is 0 Å². The lowest BCUT2D eigenvalue weighted by molar-refractivity contribution is -0.133. The lowest BCUT2D eigenvalue weighted by Gasteiger charge is -1.90. The van der Waals surface area contributed by atoms with E-state index in [4.69, 9.17) is 9.15 Å². The molecule has 2 rings (SSSR count). The standard InChI is InChI=1S/C10H8O3/c1-7-5-8(10(11)13-7)6-9-3-2-4-12-9/h2-6H,1H3. The number of hydrogen-bond donors (Lipinski definition) is 0. The minimum Gasteiger partial charge on any atom is -0.465 e. The van der Waals surface area contributed by atoms with Crippen molar-refractivity contribution in [2.45, 2.75) is 6.92 Å². The van der Waals surface area contributed by atoms with E-state index in [0.29, 0.717) is 17.1 Å². The van der Waals surface area contributed by atoms with E-state index in [-0.39, 0.29) is 5.97 Å². The third-order valence-corrected chi connectivity index (χ3v) is 1.69. The fourth-order valence-electron chi connectivity index (χ4n) is 1.14. The van der Waals surface area contributed by atoms with Crippen LogP contribution in [0.15, 0.2) is 40.2 Å². The summed E-state index contributed by atoms with van der Waals surface area (Å²) in [4.78, 5) is 11.1. The van der Waals surface area contributed by atoms with E-state index >= 15 is 0 Å². The highest BCUT2D eigenvalue weighted by molar-refractivity contribution is 5.99. The van der Waals surface area contributed by atoms with E-state index in [9.17, 15) is 4.79 Å². The Kier molecular flexibility index (Phi) is 1.77. The van der Waals surface area contributed by atoms with Crippen LogP contribution in [0.5, 0.6) is 0 Å². The van der Waals surface area contributed by atoms with Gasteiger partial charge < -0.3 is 9.15 Å². The zero-order chi connectivity index (χ0) is 9.26. The first-order valence-corrected chi connectivity index (χ1v) is 3.91. The molecule has 1 aliphatic rings. The highest BCUT2D eigenvalue weighted by atomic mass is 16.5. The van der Waals surface area contributed by atoms with Crippen molar-refractivity contribution in [3.63, 3.8) is 0 Å². The van der Waals surface area contributed by atoms with Crippen LogP contribution >= 0.6 is 0 Å². The Bertz CT molecular complexity index is 382. The summed E-state index contributed by atoms with van der Waals surface area (Å²) in [5, 5.41) is 0. The van der Waals surface area contributed by atoms with Crippen molar-refractivity contribution >= 4 is 12.0 Å². The van der Waals surface area contributed by atoms with Crippen LogP contribution in [-0.2, 0) is 9.53 Å². The summed E-state index contributed by atoms with van der Waals surface area (Å²) >= 11 is 0. The highest BCUT2D eigenvalue weighted by Gasteiger charge is 2.17. The molecule has 0 fully saturated rings. The number of cyclic esters (lactones) is 1. The molecule has 0 aliphatic carbocycles. The second kappa shape index (κ2) is 2.94. The molecular weight excluding hydrogens is 168 g/mol. The number of furan rings is 1. The van der Waals surface area contributed by atoms with E-state index in [0.717, 1.165) is 0 Å². The van der Waals surface area contributed by atoms with E-state index in [1.165, 1.54) is 0 Å². The summed E-state index contributed by atoms with van der Waals surface area (Å²) in [6.45, 7) is 1.74. The molecule has 1 aromatic rings. The van der Waals surface area contributed by atoms with Crippen molar-refractivity contribution in [2.24, 2.45) is 0 Å². The second-order valence-electron chi connectivity index (χ2n) is 2.76. The van der Waals surface area contributed by atoms with Crippen LogP contribution in [0.3, 0.4) is 0 Å². The molecule has 3 heteroatoms. The maximum atomic E-state index is 11.1. The Morgan fingerprint density at radius 1 is 1.46 bits per heavy atom. The molecule has 3 nitrogen and oxygen atoms in total. The number of carbonyl (C=O) groups excluding carboxylic acids is 1. The van der Waals surface area contributed by atoms with Crippen LogP contribution in [0.25, 0.3) is 6.08 Å². The summed E-state index contributed by atoms with van der Waals surface area (Å²) in [5.41, 5.74) is 0.521. The summed E-state index contributed by atoms with van der Waals surface area (Å²) in [6, 6.07) is 3.55. The molecular formula is C10H8O3. The van der Waals surface area contributed by atoms with Gasteiger partial charge in [0, 0.05) is 0 Å². The Balaban J connectivity index is 2.31. The smallest absolute Gasteiger partial charge is 0.343 e. The van der Waals surface area contributed by atoms with Gasteiger partial charge >= 0.3 is 5.97 Å². The van der Waals surface area contributed by atoms with Crippen molar-refractivity contribution in [2.75, 3.05) is 0 Å². The average molecular weight is 176 g/mol. The van der Waals surface area contributed by atoms with E-state index in [2.05, 4.69) is 0 Å². The third kappa shape index (κ3) is 1.54. The lowest BCUT2D eigenvalue weighted by Crippen LogP contribution is -1.95. The predicted octanol–water partition coefficient (Wildman–Crippen LogP) is 2.12. The molecule has 1 aromatic heterocycles. The largest absolute Gasteiger partial charge is 0.465 e.